The number of hydrogen-bond donors (Lipinski definition) is 2. The van der Waals surface area contributed by atoms with Gasteiger partial charge in [-0.25, -0.2) is 4.99 Å². The first kappa shape index (κ1) is 22.1. The van der Waals surface area contributed by atoms with E-state index in [-0.39, 0.29) is 36.4 Å². The highest BCUT2D eigenvalue weighted by Gasteiger charge is 2.05. The molecule has 0 heterocycles. The van der Waals surface area contributed by atoms with Gasteiger partial charge in [0.15, 0.2) is 5.96 Å². The van der Waals surface area contributed by atoms with Crippen molar-refractivity contribution in [3.63, 3.8) is 0 Å². The zero-order valence-electron chi connectivity index (χ0n) is 13.2. The number of nitrogens with zero attached hydrogens (tertiary/aromatic N) is 2. The van der Waals surface area contributed by atoms with Gasteiger partial charge in [0.05, 0.1) is 0 Å². The minimum atomic E-state index is 0. The fraction of sp³-hybridized carbons (Fsp3) is 0.846. The highest BCUT2D eigenvalue weighted by Crippen LogP contribution is 2.02. The molecule has 0 saturated heterocycles. The number of rotatable bonds is 8. The Bertz CT molecular complexity index is 288. The van der Waals surface area contributed by atoms with Gasteiger partial charge >= 0.3 is 0 Å². The number of halogens is 1. The van der Waals surface area contributed by atoms with Crippen LogP contribution in [0.2, 0.25) is 0 Å². The molecule has 0 aliphatic carbocycles. The molecule has 0 aromatic heterocycles. The monoisotopic (exact) mass is 416 g/mol. The predicted octanol–water partition coefficient (Wildman–Crippen LogP) is 1.78. The molecule has 0 bridgehead atoms. The van der Waals surface area contributed by atoms with Crippen molar-refractivity contribution in [2.24, 2.45) is 4.99 Å². The Morgan fingerprint density at radius 3 is 2.50 bits per heavy atom. The second kappa shape index (κ2) is 13.8. The number of carbonyl (C=O) groups excluding carboxylic acids is 1. The summed E-state index contributed by atoms with van der Waals surface area (Å²) in [6.45, 7) is 6.22. The van der Waals surface area contributed by atoms with Gasteiger partial charge in [-0.2, -0.15) is 11.8 Å². The Kier molecular flexibility index (Phi) is 15.2. The fourth-order valence-corrected chi connectivity index (χ4v) is 1.42. The zero-order chi connectivity index (χ0) is 14.7. The van der Waals surface area contributed by atoms with Crippen molar-refractivity contribution in [2.45, 2.75) is 31.9 Å². The van der Waals surface area contributed by atoms with Gasteiger partial charge < -0.3 is 15.5 Å². The normalized spacial score (nSPS) is 12.3. The number of carbonyl (C=O) groups is 1. The van der Waals surface area contributed by atoms with Gasteiger partial charge in [0, 0.05) is 32.4 Å². The fourth-order valence-electron chi connectivity index (χ4n) is 1.17. The van der Waals surface area contributed by atoms with E-state index < -0.39 is 0 Å². The summed E-state index contributed by atoms with van der Waals surface area (Å²) in [5.41, 5.74) is 0. The largest absolute Gasteiger partial charge is 0.356 e. The third-order valence-corrected chi connectivity index (χ3v) is 3.62. The van der Waals surface area contributed by atoms with Crippen LogP contribution in [-0.2, 0) is 4.79 Å². The maximum Gasteiger partial charge on any atom is 0.243 e. The molecule has 0 spiro atoms. The molecule has 0 rings (SSSR count). The molecule has 0 aliphatic heterocycles. The van der Waals surface area contributed by atoms with Gasteiger partial charge in [0.1, 0.15) is 6.54 Å². The minimum Gasteiger partial charge on any atom is -0.356 e. The number of aliphatic imine (C=N–C) groups is 1. The number of likely N-dealkylation sites (N-methyl/N-ethyl adjacent to an activating group) is 1. The maximum atomic E-state index is 11.5. The van der Waals surface area contributed by atoms with Crippen LogP contribution in [0, 0.1) is 0 Å². The van der Waals surface area contributed by atoms with Crippen molar-refractivity contribution in [3.05, 3.63) is 0 Å². The zero-order valence-corrected chi connectivity index (χ0v) is 16.4. The number of amides is 1. The van der Waals surface area contributed by atoms with Crippen LogP contribution in [0.5, 0.6) is 0 Å². The van der Waals surface area contributed by atoms with E-state index in [1.54, 1.807) is 30.8 Å². The maximum absolute atomic E-state index is 11.5. The lowest BCUT2D eigenvalue weighted by Crippen LogP contribution is -2.41. The van der Waals surface area contributed by atoms with Crippen molar-refractivity contribution in [1.29, 1.82) is 0 Å². The number of guanidine groups is 1. The molecular formula is C13H29IN4OS. The summed E-state index contributed by atoms with van der Waals surface area (Å²) in [7, 11) is 3.48. The van der Waals surface area contributed by atoms with E-state index in [1.165, 1.54) is 0 Å². The lowest BCUT2D eigenvalue weighted by Gasteiger charge is -2.15. The average molecular weight is 416 g/mol. The van der Waals surface area contributed by atoms with Crippen molar-refractivity contribution >= 4 is 47.6 Å². The summed E-state index contributed by atoms with van der Waals surface area (Å²) < 4.78 is 0. The van der Waals surface area contributed by atoms with Crippen LogP contribution >= 0.6 is 35.7 Å². The summed E-state index contributed by atoms with van der Waals surface area (Å²) in [5, 5.41) is 7.04. The van der Waals surface area contributed by atoms with E-state index in [1.807, 2.05) is 0 Å². The topological polar surface area (TPSA) is 56.7 Å². The van der Waals surface area contributed by atoms with Crippen LogP contribution in [0.1, 0.15) is 26.7 Å². The molecule has 120 valence electrons. The number of nitrogens with one attached hydrogen (secondary N) is 2. The number of unbranched alkanes of at least 4 members (excludes halogenated alkanes) is 1. The summed E-state index contributed by atoms with van der Waals surface area (Å²) >= 11 is 1.80. The summed E-state index contributed by atoms with van der Waals surface area (Å²) in [6.07, 6.45) is 4.32. The summed E-state index contributed by atoms with van der Waals surface area (Å²) in [4.78, 5) is 17.4. The SMILES string of the molecule is CCCCNC(=NCC(=O)N(C)C)NCC(C)SC.I. The molecule has 7 heteroatoms. The lowest BCUT2D eigenvalue weighted by atomic mass is 10.3. The third-order valence-electron chi connectivity index (χ3n) is 2.65. The van der Waals surface area contributed by atoms with Crippen LogP contribution < -0.4 is 10.6 Å². The molecule has 0 fully saturated rings. The standard InChI is InChI=1S/C13H28N4OS.HI/c1-6-7-8-14-13(15-9-11(2)19-5)16-10-12(18)17(3)4;/h11H,6-10H2,1-5H3,(H2,14,15,16);1H. The highest BCUT2D eigenvalue weighted by atomic mass is 127. The highest BCUT2D eigenvalue weighted by molar-refractivity contribution is 14.0. The van der Waals surface area contributed by atoms with Crippen molar-refractivity contribution < 1.29 is 4.79 Å². The summed E-state index contributed by atoms with van der Waals surface area (Å²) in [5.74, 6) is 0.735. The van der Waals surface area contributed by atoms with Gasteiger partial charge in [-0.3, -0.25) is 4.79 Å². The smallest absolute Gasteiger partial charge is 0.243 e. The van der Waals surface area contributed by atoms with E-state index in [4.69, 9.17) is 0 Å². The van der Waals surface area contributed by atoms with Crippen molar-refractivity contribution in [1.82, 2.24) is 15.5 Å². The van der Waals surface area contributed by atoms with Crippen LogP contribution in [-0.4, -0.2) is 62.0 Å². The molecule has 2 N–H and O–H groups in total. The molecule has 1 amide bonds. The molecule has 0 aliphatic rings. The second-order valence-electron chi connectivity index (χ2n) is 4.66. The number of thioether (sulfide) groups is 1. The molecule has 0 aromatic rings. The van der Waals surface area contributed by atoms with Crippen LogP contribution in [0.15, 0.2) is 4.99 Å². The van der Waals surface area contributed by atoms with Crippen LogP contribution in [0.3, 0.4) is 0 Å². The minimum absolute atomic E-state index is 0. The van der Waals surface area contributed by atoms with E-state index in [0.717, 1.165) is 31.9 Å². The Balaban J connectivity index is 0. The molecule has 1 atom stereocenters. The van der Waals surface area contributed by atoms with Crippen molar-refractivity contribution in [2.75, 3.05) is 40.0 Å². The first-order valence-corrected chi connectivity index (χ1v) is 8.05. The first-order valence-electron chi connectivity index (χ1n) is 6.76. The first-order chi connectivity index (χ1) is 9.01. The van der Waals surface area contributed by atoms with Gasteiger partial charge in [-0.1, -0.05) is 20.3 Å². The Labute approximate surface area is 144 Å². The van der Waals surface area contributed by atoms with Gasteiger partial charge in [-0.05, 0) is 12.7 Å². The van der Waals surface area contributed by atoms with E-state index in [0.29, 0.717) is 5.25 Å². The molecule has 0 radical (unpaired) electrons. The Morgan fingerprint density at radius 1 is 1.35 bits per heavy atom. The third kappa shape index (κ3) is 11.6. The molecule has 1 unspecified atom stereocenters. The Morgan fingerprint density at radius 2 is 2.00 bits per heavy atom. The van der Waals surface area contributed by atoms with Gasteiger partial charge in [-0.15, -0.1) is 24.0 Å². The van der Waals surface area contributed by atoms with Crippen molar-refractivity contribution in [3.8, 4) is 0 Å². The summed E-state index contributed by atoms with van der Waals surface area (Å²) in [6, 6.07) is 0. The lowest BCUT2D eigenvalue weighted by molar-refractivity contribution is -0.127. The van der Waals surface area contributed by atoms with Crippen LogP contribution in [0.4, 0.5) is 0 Å². The molecular weight excluding hydrogens is 387 g/mol. The average Bonchev–Trinajstić information content (AvgIpc) is 2.40. The van der Waals surface area contributed by atoms with E-state index in [2.05, 4.69) is 35.7 Å². The molecule has 5 nitrogen and oxygen atoms in total. The van der Waals surface area contributed by atoms with Crippen LogP contribution in [0.25, 0.3) is 0 Å². The van der Waals surface area contributed by atoms with Gasteiger partial charge in [0.2, 0.25) is 5.91 Å². The predicted molar refractivity (Wildman–Crippen MR) is 100 cm³/mol. The molecule has 0 aromatic carbocycles. The quantitative estimate of drug-likeness (QED) is 0.274. The van der Waals surface area contributed by atoms with E-state index >= 15 is 0 Å². The molecule has 0 saturated carbocycles. The van der Waals surface area contributed by atoms with Gasteiger partial charge in [0.25, 0.3) is 0 Å². The molecule has 20 heavy (non-hydrogen) atoms. The Hall–Kier alpha value is -0.180. The second-order valence-corrected chi connectivity index (χ2v) is 5.94. The van der Waals surface area contributed by atoms with E-state index in [9.17, 15) is 4.79 Å². The number of hydrogen-bond acceptors (Lipinski definition) is 3.